The number of unbranched alkanes of at least 4 members (excludes halogenated alkanes) is 1. The number of thioether (sulfide) groups is 1. The van der Waals surface area contributed by atoms with Gasteiger partial charge in [-0.1, -0.05) is 37.2 Å². The summed E-state index contributed by atoms with van der Waals surface area (Å²) < 4.78 is 7.16. The molecule has 2 aromatic heterocycles. The normalized spacial score (nSPS) is 12.5. The molecule has 0 aliphatic heterocycles. The van der Waals surface area contributed by atoms with Crippen molar-refractivity contribution in [3.8, 4) is 0 Å². The first-order valence-electron chi connectivity index (χ1n) is 9.41. The van der Waals surface area contributed by atoms with Crippen molar-refractivity contribution < 1.29 is 9.32 Å². The number of hydrogen-bond acceptors (Lipinski definition) is 7. The van der Waals surface area contributed by atoms with Crippen molar-refractivity contribution in [1.29, 1.82) is 0 Å². The predicted octanol–water partition coefficient (Wildman–Crippen LogP) is 3.51. The van der Waals surface area contributed by atoms with Crippen molar-refractivity contribution in [2.75, 3.05) is 25.2 Å². The lowest BCUT2D eigenvalue weighted by Gasteiger charge is -2.23. The summed E-state index contributed by atoms with van der Waals surface area (Å²) in [5.74, 6) is 2.66. The zero-order chi connectivity index (χ0) is 19.8. The van der Waals surface area contributed by atoms with E-state index in [-0.39, 0.29) is 11.9 Å². The lowest BCUT2D eigenvalue weighted by Crippen LogP contribution is -2.23. The van der Waals surface area contributed by atoms with Gasteiger partial charge in [0, 0.05) is 24.8 Å². The highest BCUT2D eigenvalue weighted by Crippen LogP contribution is 2.26. The van der Waals surface area contributed by atoms with E-state index >= 15 is 0 Å². The summed E-state index contributed by atoms with van der Waals surface area (Å²) in [6.45, 7) is 7.02. The second-order valence-corrected chi connectivity index (χ2v) is 7.77. The molecule has 1 N–H and O–H groups in total. The molecular weight excluding hydrogens is 364 g/mol. The van der Waals surface area contributed by atoms with Gasteiger partial charge in [-0.05, 0) is 33.9 Å². The van der Waals surface area contributed by atoms with E-state index < -0.39 is 0 Å². The van der Waals surface area contributed by atoms with Crippen LogP contribution in [-0.4, -0.2) is 50.6 Å². The molecule has 2 heterocycles. The Kier molecular flexibility index (Phi) is 8.30. The van der Waals surface area contributed by atoms with Crippen molar-refractivity contribution in [3.05, 3.63) is 17.7 Å². The molecule has 27 heavy (non-hydrogen) atoms. The summed E-state index contributed by atoms with van der Waals surface area (Å²) >= 11 is 1.57. The molecule has 0 saturated carbocycles. The highest BCUT2D eigenvalue weighted by atomic mass is 32.2. The zero-order valence-electron chi connectivity index (χ0n) is 16.9. The lowest BCUT2D eigenvalue weighted by atomic mass is 10.2. The van der Waals surface area contributed by atoms with E-state index in [1.165, 1.54) is 0 Å². The maximum atomic E-state index is 12.1. The summed E-state index contributed by atoms with van der Waals surface area (Å²) in [6.07, 6.45) is 3.54. The molecule has 0 aromatic carbocycles. The van der Waals surface area contributed by atoms with Gasteiger partial charge in [-0.25, -0.2) is 0 Å². The molecule has 0 radical (unpaired) electrons. The molecule has 0 saturated heterocycles. The van der Waals surface area contributed by atoms with Crippen LogP contribution in [0, 0.1) is 6.92 Å². The van der Waals surface area contributed by atoms with E-state index in [2.05, 4.69) is 58.1 Å². The molecule has 2 aromatic rings. The fraction of sp³-hybridized carbons (Fsp3) is 0.667. The number of aryl methyl sites for hydroxylation is 1. The van der Waals surface area contributed by atoms with Gasteiger partial charge in [0.05, 0.1) is 6.04 Å². The summed E-state index contributed by atoms with van der Waals surface area (Å²) in [6, 6.07) is 1.94. The van der Waals surface area contributed by atoms with Gasteiger partial charge >= 0.3 is 0 Å². The van der Waals surface area contributed by atoms with Crippen LogP contribution in [0.25, 0.3) is 0 Å². The number of carbonyl (C=O) groups is 1. The third-order valence-electron chi connectivity index (χ3n) is 4.24. The Balaban J connectivity index is 1.98. The molecule has 150 valence electrons. The number of anilines is 1. The number of nitrogens with zero attached hydrogens (tertiary/aromatic N) is 5. The second kappa shape index (κ2) is 10.5. The van der Waals surface area contributed by atoms with Crippen LogP contribution < -0.4 is 5.32 Å². The van der Waals surface area contributed by atoms with E-state index in [0.29, 0.717) is 23.8 Å². The molecule has 0 aliphatic rings. The highest BCUT2D eigenvalue weighted by Gasteiger charge is 2.21. The third kappa shape index (κ3) is 6.07. The van der Waals surface area contributed by atoms with E-state index in [0.717, 1.165) is 36.8 Å². The number of nitrogens with one attached hydrogen (secondary N) is 1. The molecule has 0 aliphatic carbocycles. The second-order valence-electron chi connectivity index (χ2n) is 6.70. The predicted molar refractivity (Wildman–Crippen MR) is 107 cm³/mol. The molecule has 1 unspecified atom stereocenters. The molecule has 0 bridgehead atoms. The summed E-state index contributed by atoms with van der Waals surface area (Å²) in [5.41, 5.74) is 0. The van der Waals surface area contributed by atoms with Gasteiger partial charge in [0.15, 0.2) is 16.8 Å². The van der Waals surface area contributed by atoms with Crippen molar-refractivity contribution in [1.82, 2.24) is 24.8 Å². The van der Waals surface area contributed by atoms with Crippen molar-refractivity contribution >= 4 is 23.5 Å². The van der Waals surface area contributed by atoms with Crippen LogP contribution in [0.1, 0.15) is 57.2 Å². The number of amides is 1. The van der Waals surface area contributed by atoms with E-state index in [9.17, 15) is 4.79 Å². The van der Waals surface area contributed by atoms with Crippen molar-refractivity contribution in [2.24, 2.45) is 0 Å². The van der Waals surface area contributed by atoms with E-state index in [1.807, 2.05) is 0 Å². The first-order chi connectivity index (χ1) is 13.0. The minimum atomic E-state index is -0.0876. The zero-order valence-corrected chi connectivity index (χ0v) is 17.7. The summed E-state index contributed by atoms with van der Waals surface area (Å²) in [5, 5.41) is 16.2. The number of hydrogen-bond donors (Lipinski definition) is 1. The third-order valence-corrected chi connectivity index (χ3v) is 5.21. The van der Waals surface area contributed by atoms with Crippen molar-refractivity contribution in [3.63, 3.8) is 0 Å². The van der Waals surface area contributed by atoms with Gasteiger partial charge < -0.3 is 14.4 Å². The standard InChI is InChI=1S/C18H30N6O2S/c1-6-8-10-24-17(14(7-2)23(4)5)20-21-18(24)27-11-9-16(25)19-15-12-13(3)26-22-15/h12,14H,6-11H2,1-5H3,(H,19,22,25). The van der Waals surface area contributed by atoms with Gasteiger partial charge in [-0.2, -0.15) is 0 Å². The molecular formula is C18H30N6O2S. The first-order valence-corrected chi connectivity index (χ1v) is 10.4. The Labute approximate surface area is 165 Å². The van der Waals surface area contributed by atoms with E-state index in [1.54, 1.807) is 24.8 Å². The molecule has 0 spiro atoms. The highest BCUT2D eigenvalue weighted by molar-refractivity contribution is 7.99. The maximum absolute atomic E-state index is 12.1. The topological polar surface area (TPSA) is 89.1 Å². The average Bonchev–Trinajstić information content (AvgIpc) is 3.20. The van der Waals surface area contributed by atoms with Crippen LogP contribution in [0.5, 0.6) is 0 Å². The van der Waals surface area contributed by atoms with Crippen molar-refractivity contribution in [2.45, 2.75) is 64.2 Å². The molecule has 1 amide bonds. The number of aromatic nitrogens is 4. The quantitative estimate of drug-likeness (QED) is 0.583. The van der Waals surface area contributed by atoms with Crippen LogP contribution >= 0.6 is 11.8 Å². The number of carbonyl (C=O) groups excluding carboxylic acids is 1. The SMILES string of the molecule is CCCCn1c(SCCC(=O)Nc2cc(C)on2)nnc1C(CC)N(C)C. The molecule has 0 fully saturated rings. The Morgan fingerprint density at radius 1 is 1.37 bits per heavy atom. The van der Waals surface area contributed by atoms with Crippen LogP contribution in [0.3, 0.4) is 0 Å². The Hall–Kier alpha value is -1.87. The Morgan fingerprint density at radius 2 is 2.15 bits per heavy atom. The fourth-order valence-electron chi connectivity index (χ4n) is 2.82. The monoisotopic (exact) mass is 394 g/mol. The van der Waals surface area contributed by atoms with Crippen LogP contribution in [0.4, 0.5) is 5.82 Å². The lowest BCUT2D eigenvalue weighted by molar-refractivity contribution is -0.115. The largest absolute Gasteiger partial charge is 0.360 e. The van der Waals surface area contributed by atoms with Gasteiger partial charge in [-0.15, -0.1) is 10.2 Å². The summed E-state index contributed by atoms with van der Waals surface area (Å²) in [7, 11) is 4.13. The molecule has 9 heteroatoms. The first kappa shape index (κ1) is 21.4. The van der Waals surface area contributed by atoms with Gasteiger partial charge in [-0.3, -0.25) is 9.69 Å². The molecule has 2 rings (SSSR count). The molecule has 8 nitrogen and oxygen atoms in total. The maximum Gasteiger partial charge on any atom is 0.226 e. The molecule has 1 atom stereocenters. The van der Waals surface area contributed by atoms with Gasteiger partial charge in [0.25, 0.3) is 0 Å². The smallest absolute Gasteiger partial charge is 0.226 e. The van der Waals surface area contributed by atoms with Gasteiger partial charge in [0.1, 0.15) is 5.76 Å². The van der Waals surface area contributed by atoms with Crippen LogP contribution in [0.15, 0.2) is 15.7 Å². The van der Waals surface area contributed by atoms with Crippen LogP contribution in [0.2, 0.25) is 0 Å². The summed E-state index contributed by atoms with van der Waals surface area (Å²) in [4.78, 5) is 14.2. The van der Waals surface area contributed by atoms with Gasteiger partial charge in [0.2, 0.25) is 5.91 Å². The fourth-order valence-corrected chi connectivity index (χ4v) is 3.73. The Bertz CT molecular complexity index is 727. The minimum absolute atomic E-state index is 0.0876. The van der Waals surface area contributed by atoms with E-state index in [4.69, 9.17) is 4.52 Å². The minimum Gasteiger partial charge on any atom is -0.360 e. The average molecular weight is 395 g/mol. The van der Waals surface area contributed by atoms with Crippen LogP contribution in [-0.2, 0) is 11.3 Å². The Morgan fingerprint density at radius 3 is 2.74 bits per heavy atom. The number of rotatable bonds is 11.